The minimum atomic E-state index is -0.933. The average molecular weight is 314 g/mol. The van der Waals surface area contributed by atoms with Crippen molar-refractivity contribution in [3.63, 3.8) is 0 Å². The second-order valence-electron chi connectivity index (χ2n) is 5.92. The van der Waals surface area contributed by atoms with Crippen LogP contribution in [0.1, 0.15) is 34.4 Å². The highest BCUT2D eigenvalue weighted by molar-refractivity contribution is 6.00. The minimum Gasteiger partial charge on any atom is -0.481 e. The summed E-state index contributed by atoms with van der Waals surface area (Å²) in [4.78, 5) is 23.0. The third kappa shape index (κ3) is 2.32. The molecule has 2 heterocycles. The van der Waals surface area contributed by atoms with Crippen LogP contribution in [0.5, 0.6) is 0 Å². The number of hydrogen-bond acceptors (Lipinski definition) is 4. The van der Waals surface area contributed by atoms with E-state index in [4.69, 9.17) is 13.9 Å². The molecule has 0 atom stereocenters. The molecule has 3 aromatic rings. The maximum atomic E-state index is 12.2. The summed E-state index contributed by atoms with van der Waals surface area (Å²) >= 11 is 0. The van der Waals surface area contributed by atoms with Gasteiger partial charge in [0, 0.05) is 28.3 Å². The summed E-state index contributed by atoms with van der Waals surface area (Å²) in [5, 5.41) is 10.7. The first-order valence-electron chi connectivity index (χ1n) is 7.48. The van der Waals surface area contributed by atoms with Crippen LogP contribution in [0.3, 0.4) is 0 Å². The van der Waals surface area contributed by atoms with Crippen LogP contribution >= 0.6 is 0 Å². The van der Waals surface area contributed by atoms with E-state index < -0.39 is 11.6 Å². The Labute approximate surface area is 132 Å². The van der Waals surface area contributed by atoms with E-state index in [9.17, 15) is 9.59 Å². The van der Waals surface area contributed by atoms with Gasteiger partial charge in [0.2, 0.25) is 0 Å². The van der Waals surface area contributed by atoms with Gasteiger partial charge < -0.3 is 13.9 Å². The van der Waals surface area contributed by atoms with Crippen LogP contribution in [0, 0.1) is 27.7 Å². The molecule has 0 spiro atoms. The first-order valence-corrected chi connectivity index (χ1v) is 7.48. The predicted molar refractivity (Wildman–Crippen MR) is 87.2 cm³/mol. The normalized spacial score (nSPS) is 11.5. The van der Waals surface area contributed by atoms with Crippen molar-refractivity contribution in [3.8, 4) is 0 Å². The molecule has 5 nitrogen and oxygen atoms in total. The zero-order valence-corrected chi connectivity index (χ0v) is 13.6. The van der Waals surface area contributed by atoms with Gasteiger partial charge in [-0.3, -0.25) is 4.79 Å². The van der Waals surface area contributed by atoms with Gasteiger partial charge in [-0.05, 0) is 51.3 Å². The van der Waals surface area contributed by atoms with E-state index in [0.717, 1.165) is 38.8 Å². The van der Waals surface area contributed by atoms with Gasteiger partial charge in [0.05, 0.1) is 0 Å². The fraction of sp³-hybridized carbons (Fsp3) is 0.333. The molecule has 23 heavy (non-hydrogen) atoms. The number of carboxylic acids is 1. The maximum absolute atomic E-state index is 12.2. The highest BCUT2D eigenvalue weighted by atomic mass is 16.4. The van der Waals surface area contributed by atoms with Crippen LogP contribution in [-0.2, 0) is 11.2 Å². The van der Waals surface area contributed by atoms with Crippen LogP contribution in [0.4, 0.5) is 0 Å². The summed E-state index contributed by atoms with van der Waals surface area (Å²) in [6.07, 6.45) is 0.0715. The lowest BCUT2D eigenvalue weighted by Gasteiger charge is -2.09. The molecule has 3 rings (SSSR count). The van der Waals surface area contributed by atoms with Crippen molar-refractivity contribution < 1.29 is 18.7 Å². The molecule has 0 aliphatic rings. The van der Waals surface area contributed by atoms with Crippen molar-refractivity contribution in [1.29, 1.82) is 0 Å². The Morgan fingerprint density at radius 2 is 1.61 bits per heavy atom. The largest absolute Gasteiger partial charge is 0.481 e. The quantitative estimate of drug-likeness (QED) is 0.744. The number of aliphatic carboxylic acids is 1. The molecule has 0 bridgehead atoms. The lowest BCUT2D eigenvalue weighted by atomic mass is 9.98. The molecule has 1 N–H and O–H groups in total. The summed E-state index contributed by atoms with van der Waals surface area (Å²) in [5.74, 6) is -0.0960. The number of furan rings is 1. The first kappa shape index (κ1) is 15.3. The zero-order valence-electron chi connectivity index (χ0n) is 13.6. The monoisotopic (exact) mass is 314 g/mol. The lowest BCUT2D eigenvalue weighted by molar-refractivity contribution is -0.136. The molecule has 1 aromatic carbocycles. The smallest absolute Gasteiger partial charge is 0.339 e. The third-order valence-electron chi connectivity index (χ3n) is 4.53. The van der Waals surface area contributed by atoms with Crippen molar-refractivity contribution in [1.82, 2.24) is 0 Å². The number of aryl methyl sites for hydroxylation is 4. The number of benzene rings is 1. The van der Waals surface area contributed by atoms with Gasteiger partial charge in [0.1, 0.15) is 16.9 Å². The lowest BCUT2D eigenvalue weighted by Crippen LogP contribution is -2.12. The fourth-order valence-corrected chi connectivity index (χ4v) is 3.01. The summed E-state index contributed by atoms with van der Waals surface area (Å²) in [7, 11) is 0. The Kier molecular flexibility index (Phi) is 3.51. The van der Waals surface area contributed by atoms with Crippen LogP contribution in [0.2, 0.25) is 0 Å². The summed E-state index contributed by atoms with van der Waals surface area (Å²) in [5.41, 5.74) is 3.82. The predicted octanol–water partition coefficient (Wildman–Crippen LogP) is 3.79. The topological polar surface area (TPSA) is 80.7 Å². The van der Waals surface area contributed by atoms with Gasteiger partial charge >= 0.3 is 11.6 Å². The van der Waals surface area contributed by atoms with E-state index in [-0.39, 0.29) is 12.8 Å². The van der Waals surface area contributed by atoms with E-state index in [1.54, 1.807) is 0 Å². The third-order valence-corrected chi connectivity index (χ3v) is 4.53. The highest BCUT2D eigenvalue weighted by Crippen LogP contribution is 2.34. The van der Waals surface area contributed by atoms with Crippen molar-refractivity contribution >= 4 is 27.9 Å². The maximum Gasteiger partial charge on any atom is 0.339 e. The van der Waals surface area contributed by atoms with Crippen molar-refractivity contribution in [2.45, 2.75) is 40.5 Å². The van der Waals surface area contributed by atoms with E-state index >= 15 is 0 Å². The summed E-state index contributed by atoms with van der Waals surface area (Å²) < 4.78 is 11.3. The second kappa shape index (κ2) is 5.26. The number of carboxylic acid groups (broad SMARTS) is 1. The van der Waals surface area contributed by atoms with E-state index in [1.165, 1.54) is 0 Å². The Morgan fingerprint density at radius 1 is 1.00 bits per heavy atom. The van der Waals surface area contributed by atoms with Crippen LogP contribution in [-0.4, -0.2) is 11.1 Å². The van der Waals surface area contributed by atoms with E-state index in [2.05, 4.69) is 0 Å². The van der Waals surface area contributed by atoms with E-state index in [0.29, 0.717) is 11.1 Å². The molecule has 0 saturated heterocycles. The SMILES string of the molecule is Cc1oc2c(C)c3oc(=O)c(CCC(=O)O)c(C)c3cc2c1C. The van der Waals surface area contributed by atoms with Gasteiger partial charge in [0.25, 0.3) is 0 Å². The Hall–Kier alpha value is -2.56. The molecule has 0 fully saturated rings. The van der Waals surface area contributed by atoms with Crippen LogP contribution < -0.4 is 5.63 Å². The minimum absolute atomic E-state index is 0.0951. The van der Waals surface area contributed by atoms with Gasteiger partial charge in [-0.2, -0.15) is 0 Å². The molecule has 0 unspecified atom stereocenters. The van der Waals surface area contributed by atoms with Crippen molar-refractivity contribution in [2.24, 2.45) is 0 Å². The van der Waals surface area contributed by atoms with Crippen molar-refractivity contribution in [3.05, 3.63) is 44.5 Å². The molecular weight excluding hydrogens is 296 g/mol. The summed E-state index contributed by atoms with van der Waals surface area (Å²) in [6.45, 7) is 7.60. The van der Waals surface area contributed by atoms with Gasteiger partial charge in [0.15, 0.2) is 0 Å². The average Bonchev–Trinajstić information content (AvgIpc) is 2.76. The number of rotatable bonds is 3. The standard InChI is InChI=1S/C18H18O5/c1-8-11(4)22-16-10(3)17-14(7-13(8)16)9(2)12(18(21)23-17)5-6-15(19)20/h7H,5-6H2,1-4H3,(H,19,20). The zero-order chi connectivity index (χ0) is 16.9. The number of fused-ring (bicyclic) bond motifs is 2. The van der Waals surface area contributed by atoms with Crippen LogP contribution in [0.15, 0.2) is 19.7 Å². The first-order chi connectivity index (χ1) is 10.8. The Morgan fingerprint density at radius 3 is 2.26 bits per heavy atom. The molecule has 120 valence electrons. The van der Waals surface area contributed by atoms with Gasteiger partial charge in [-0.15, -0.1) is 0 Å². The number of hydrogen-bond donors (Lipinski definition) is 1. The Bertz CT molecular complexity index is 1000. The fourth-order valence-electron chi connectivity index (χ4n) is 3.01. The molecular formula is C18H18O5. The second-order valence-corrected chi connectivity index (χ2v) is 5.92. The molecule has 0 saturated carbocycles. The molecule has 0 amide bonds. The Balaban J connectivity index is 2.36. The summed E-state index contributed by atoms with van der Waals surface area (Å²) in [6, 6.07) is 1.96. The highest BCUT2D eigenvalue weighted by Gasteiger charge is 2.18. The molecule has 5 heteroatoms. The van der Waals surface area contributed by atoms with E-state index in [1.807, 2.05) is 33.8 Å². The van der Waals surface area contributed by atoms with Crippen LogP contribution in [0.25, 0.3) is 21.9 Å². The number of carbonyl (C=O) groups is 1. The molecule has 0 aliphatic carbocycles. The van der Waals surface area contributed by atoms with Gasteiger partial charge in [-0.25, -0.2) is 4.79 Å². The molecule has 2 aromatic heterocycles. The van der Waals surface area contributed by atoms with Gasteiger partial charge in [-0.1, -0.05) is 0 Å². The molecule has 0 aliphatic heterocycles. The molecule has 0 radical (unpaired) electrons. The van der Waals surface area contributed by atoms with Crippen molar-refractivity contribution in [2.75, 3.05) is 0 Å².